The second kappa shape index (κ2) is 8.98. The van der Waals surface area contributed by atoms with E-state index in [9.17, 15) is 13.2 Å². The van der Waals surface area contributed by atoms with E-state index < -0.39 is 16.6 Å². The zero-order valence-electron chi connectivity index (χ0n) is 20.9. The molecule has 1 aromatic carbocycles. The first-order valence-electron chi connectivity index (χ1n) is 12.9. The third-order valence-corrected chi connectivity index (χ3v) is 9.19. The fourth-order valence-corrected chi connectivity index (χ4v) is 6.22. The summed E-state index contributed by atoms with van der Waals surface area (Å²) in [5.41, 5.74) is 4.44. The number of amides is 1. The molecule has 0 radical (unpaired) electrons. The lowest BCUT2D eigenvalue weighted by Crippen LogP contribution is -2.35. The van der Waals surface area contributed by atoms with Crippen molar-refractivity contribution in [1.82, 2.24) is 14.8 Å². The Morgan fingerprint density at radius 3 is 2.57 bits per heavy atom. The number of aliphatic hydroxyl groups is 1. The van der Waals surface area contributed by atoms with Crippen LogP contribution in [0.2, 0.25) is 0 Å². The van der Waals surface area contributed by atoms with Gasteiger partial charge >= 0.3 is 0 Å². The largest absolute Gasteiger partial charge is 0.395 e. The number of aromatic nitrogens is 3. The smallest absolute Gasteiger partial charge is 0.257 e. The van der Waals surface area contributed by atoms with Crippen molar-refractivity contribution in [2.75, 3.05) is 40.4 Å². The van der Waals surface area contributed by atoms with Crippen LogP contribution in [0.4, 0.5) is 17.1 Å². The van der Waals surface area contributed by atoms with Crippen LogP contribution in [0.25, 0.3) is 11.0 Å². The van der Waals surface area contributed by atoms with Gasteiger partial charge in [-0.15, -0.1) is 0 Å². The van der Waals surface area contributed by atoms with Crippen molar-refractivity contribution in [1.29, 1.82) is 0 Å². The van der Waals surface area contributed by atoms with E-state index in [1.54, 1.807) is 29.1 Å². The standard InChI is InChI=1S/C26H32N6O4S/c1-31-24-21(23(29-31)17-2-3-17)14-19(16-27-24)28-25(34)20-5-4-18(30-37(35,36)13-12-33)15-22(20)32-10-8-26(6-7-26)9-11-32/h4-5,14-17,30,33H,2-3,6-13H2,1H3,(H,28,34). The Morgan fingerprint density at radius 1 is 1.14 bits per heavy atom. The second-order valence-electron chi connectivity index (χ2n) is 10.7. The summed E-state index contributed by atoms with van der Waals surface area (Å²) in [5, 5.41) is 17.7. The Labute approximate surface area is 216 Å². The minimum Gasteiger partial charge on any atom is -0.395 e. The van der Waals surface area contributed by atoms with Crippen molar-refractivity contribution in [3.05, 3.63) is 41.7 Å². The Hall–Kier alpha value is -3.18. The molecule has 0 bridgehead atoms. The second-order valence-corrected chi connectivity index (χ2v) is 12.5. The molecule has 10 nitrogen and oxygen atoms in total. The number of piperidine rings is 1. The normalized spacial score (nSPS) is 18.8. The average Bonchev–Trinajstić information content (AvgIpc) is 3.80. The summed E-state index contributed by atoms with van der Waals surface area (Å²) in [6.45, 7) is 1.18. The Bertz CT molecular complexity index is 1470. The molecule has 3 heterocycles. The monoisotopic (exact) mass is 524 g/mol. The van der Waals surface area contributed by atoms with Crippen LogP contribution in [0, 0.1) is 5.41 Å². The van der Waals surface area contributed by atoms with Gasteiger partial charge in [-0.2, -0.15) is 5.10 Å². The number of sulfonamides is 1. The first-order chi connectivity index (χ1) is 17.8. The van der Waals surface area contributed by atoms with Crippen LogP contribution in [0.1, 0.15) is 60.5 Å². The molecule has 11 heteroatoms. The maximum absolute atomic E-state index is 13.5. The van der Waals surface area contributed by atoms with Crippen LogP contribution in [0.3, 0.4) is 0 Å². The molecule has 1 aliphatic heterocycles. The number of carbonyl (C=O) groups excluding carboxylic acids is 1. The van der Waals surface area contributed by atoms with Crippen molar-refractivity contribution in [3.63, 3.8) is 0 Å². The van der Waals surface area contributed by atoms with Gasteiger partial charge in [0.15, 0.2) is 5.65 Å². The van der Waals surface area contributed by atoms with E-state index in [0.29, 0.717) is 34.0 Å². The molecule has 3 aliphatic rings. The number of benzene rings is 1. The zero-order chi connectivity index (χ0) is 25.8. The van der Waals surface area contributed by atoms with Gasteiger partial charge in [0.2, 0.25) is 10.0 Å². The van der Waals surface area contributed by atoms with Crippen LogP contribution in [0.15, 0.2) is 30.5 Å². The average molecular weight is 525 g/mol. The van der Waals surface area contributed by atoms with Crippen molar-refractivity contribution in [2.45, 2.75) is 44.4 Å². The van der Waals surface area contributed by atoms with Gasteiger partial charge in [-0.05, 0) is 68.2 Å². The number of aliphatic hydroxyl groups excluding tert-OH is 1. The Kier molecular flexibility index (Phi) is 5.87. The molecule has 2 saturated carbocycles. The van der Waals surface area contributed by atoms with Gasteiger partial charge < -0.3 is 15.3 Å². The summed E-state index contributed by atoms with van der Waals surface area (Å²) < 4.78 is 28.8. The fraction of sp³-hybridized carbons (Fsp3) is 0.500. The van der Waals surface area contributed by atoms with E-state index in [4.69, 9.17) is 5.11 Å². The van der Waals surface area contributed by atoms with Crippen LogP contribution < -0.4 is 14.9 Å². The lowest BCUT2D eigenvalue weighted by atomic mass is 9.93. The molecule has 196 valence electrons. The van der Waals surface area contributed by atoms with Crippen LogP contribution in [0.5, 0.6) is 0 Å². The third-order valence-electron chi connectivity index (χ3n) is 7.93. The van der Waals surface area contributed by atoms with E-state index in [1.165, 1.54) is 12.8 Å². The topological polar surface area (TPSA) is 129 Å². The van der Waals surface area contributed by atoms with Crippen molar-refractivity contribution in [2.24, 2.45) is 12.5 Å². The van der Waals surface area contributed by atoms with E-state index >= 15 is 0 Å². The van der Waals surface area contributed by atoms with Gasteiger partial charge in [-0.25, -0.2) is 13.4 Å². The number of pyridine rings is 1. The maximum atomic E-state index is 13.5. The molecule has 3 aromatic rings. The third kappa shape index (κ3) is 4.89. The minimum atomic E-state index is -3.68. The fourth-order valence-electron chi connectivity index (χ4n) is 5.39. The number of carbonyl (C=O) groups is 1. The molecule has 0 unspecified atom stereocenters. The van der Waals surface area contributed by atoms with Gasteiger partial charge in [0.05, 0.1) is 46.9 Å². The first-order valence-corrected chi connectivity index (χ1v) is 14.6. The van der Waals surface area contributed by atoms with E-state index in [1.807, 2.05) is 13.1 Å². The van der Waals surface area contributed by atoms with Gasteiger partial charge in [0, 0.05) is 31.4 Å². The maximum Gasteiger partial charge on any atom is 0.257 e. The SMILES string of the molecule is Cn1nc(C2CC2)c2cc(NC(=O)c3ccc(NS(=O)(=O)CCO)cc3N3CCC4(CC3)CC4)cnc21. The van der Waals surface area contributed by atoms with Crippen LogP contribution in [-0.2, 0) is 17.1 Å². The minimum absolute atomic E-state index is 0.274. The van der Waals surface area contributed by atoms with Gasteiger partial charge in [0.1, 0.15) is 0 Å². The number of rotatable bonds is 8. The quantitative estimate of drug-likeness (QED) is 0.413. The van der Waals surface area contributed by atoms with Crippen molar-refractivity contribution < 1.29 is 18.3 Å². The summed E-state index contributed by atoms with van der Waals surface area (Å²) in [6, 6.07) is 6.92. The van der Waals surface area contributed by atoms with E-state index in [2.05, 4.69) is 25.0 Å². The van der Waals surface area contributed by atoms with E-state index in [-0.39, 0.29) is 11.7 Å². The number of nitrogens with one attached hydrogen (secondary N) is 2. The number of aryl methyl sites for hydroxylation is 1. The highest BCUT2D eigenvalue weighted by Crippen LogP contribution is 2.54. The number of nitrogens with zero attached hydrogens (tertiary/aromatic N) is 4. The summed E-state index contributed by atoms with van der Waals surface area (Å²) >= 11 is 0. The predicted molar refractivity (Wildman–Crippen MR) is 142 cm³/mol. The van der Waals surface area contributed by atoms with Crippen LogP contribution >= 0.6 is 0 Å². The number of hydrogen-bond acceptors (Lipinski definition) is 7. The number of hydrogen-bond donors (Lipinski definition) is 3. The van der Waals surface area contributed by atoms with Gasteiger partial charge in [0.25, 0.3) is 5.91 Å². The number of anilines is 3. The number of fused-ring (bicyclic) bond motifs is 1. The lowest BCUT2D eigenvalue weighted by molar-refractivity contribution is 0.102. The highest BCUT2D eigenvalue weighted by Gasteiger charge is 2.44. The summed E-state index contributed by atoms with van der Waals surface area (Å²) in [5.74, 6) is -0.202. The molecule has 2 aromatic heterocycles. The molecule has 1 amide bonds. The van der Waals surface area contributed by atoms with Gasteiger partial charge in [-0.1, -0.05) is 0 Å². The highest BCUT2D eigenvalue weighted by molar-refractivity contribution is 7.92. The molecule has 0 atom stereocenters. The zero-order valence-corrected chi connectivity index (χ0v) is 21.7. The molecule has 1 spiro atoms. The highest BCUT2D eigenvalue weighted by atomic mass is 32.2. The van der Waals surface area contributed by atoms with Gasteiger partial charge in [-0.3, -0.25) is 14.2 Å². The molecular weight excluding hydrogens is 492 g/mol. The predicted octanol–water partition coefficient (Wildman–Crippen LogP) is 3.21. The molecule has 1 saturated heterocycles. The molecule has 2 aliphatic carbocycles. The molecule has 6 rings (SSSR count). The molecule has 37 heavy (non-hydrogen) atoms. The van der Waals surface area contributed by atoms with Crippen LogP contribution in [-0.4, -0.2) is 59.6 Å². The van der Waals surface area contributed by atoms with E-state index in [0.717, 1.165) is 55.5 Å². The van der Waals surface area contributed by atoms with Crippen molar-refractivity contribution >= 4 is 44.0 Å². The summed E-state index contributed by atoms with van der Waals surface area (Å²) in [6.07, 6.45) is 8.56. The first kappa shape index (κ1) is 24.2. The molecule has 3 N–H and O–H groups in total. The molecule has 3 fully saturated rings. The molecular formula is C26H32N6O4S. The Morgan fingerprint density at radius 2 is 1.89 bits per heavy atom. The Balaban J connectivity index is 1.29. The summed E-state index contributed by atoms with van der Waals surface area (Å²) in [7, 11) is -1.80. The lowest BCUT2D eigenvalue weighted by Gasteiger charge is -2.35. The summed E-state index contributed by atoms with van der Waals surface area (Å²) in [4.78, 5) is 20.3. The van der Waals surface area contributed by atoms with Crippen molar-refractivity contribution in [3.8, 4) is 0 Å².